The topological polar surface area (TPSA) is 24.9 Å². The molecule has 0 aliphatic heterocycles. The van der Waals surface area contributed by atoms with Gasteiger partial charge in [-0.15, -0.1) is 0 Å². The van der Waals surface area contributed by atoms with Crippen LogP contribution >= 0.6 is 0 Å². The molecule has 1 rings (SSSR count). The van der Waals surface area contributed by atoms with Crippen molar-refractivity contribution in [1.82, 2.24) is 4.98 Å². The van der Waals surface area contributed by atoms with E-state index in [1.807, 2.05) is 0 Å². The summed E-state index contributed by atoms with van der Waals surface area (Å²) in [5, 5.41) is 2.22. The Kier molecular flexibility index (Phi) is 2.52. The van der Waals surface area contributed by atoms with E-state index in [0.717, 1.165) is 0 Å². The van der Waals surface area contributed by atoms with Gasteiger partial charge in [-0.1, -0.05) is 0 Å². The van der Waals surface area contributed by atoms with Crippen LogP contribution in [0.2, 0.25) is 0 Å². The van der Waals surface area contributed by atoms with Crippen LogP contribution < -0.4 is 5.32 Å². The Bertz CT molecular complexity index is 232. The van der Waals surface area contributed by atoms with Crippen molar-refractivity contribution in [3.63, 3.8) is 0 Å². The second-order valence-corrected chi connectivity index (χ2v) is 2.20. The van der Waals surface area contributed by atoms with Gasteiger partial charge in [-0.05, 0) is 12.1 Å². The Hall–Kier alpha value is -1.26. The zero-order valence-electron chi connectivity index (χ0n) is 6.10. The number of anilines is 1. The third-order valence-corrected chi connectivity index (χ3v) is 1.17. The molecule has 0 bridgehead atoms. The fourth-order valence-electron chi connectivity index (χ4n) is 0.672. The first kappa shape index (κ1) is 8.83. The summed E-state index contributed by atoms with van der Waals surface area (Å²) < 4.78 is 35.0. The number of hydrogen-bond donors (Lipinski definition) is 1. The van der Waals surface area contributed by atoms with E-state index >= 15 is 0 Å². The first-order valence-electron chi connectivity index (χ1n) is 3.28. The highest BCUT2D eigenvalue weighted by Gasteiger charge is 2.26. The minimum Gasteiger partial charge on any atom is -0.376 e. The molecule has 0 aliphatic carbocycles. The van der Waals surface area contributed by atoms with Gasteiger partial charge in [0.25, 0.3) is 0 Å². The lowest BCUT2D eigenvalue weighted by molar-refractivity contribution is -0.115. The molecular formula is C7H7F3N2. The van der Waals surface area contributed by atoms with Crippen LogP contribution in [0.15, 0.2) is 24.5 Å². The minimum absolute atomic E-state index is 0.419. The largest absolute Gasteiger partial charge is 0.405 e. The molecular weight excluding hydrogens is 169 g/mol. The van der Waals surface area contributed by atoms with Gasteiger partial charge < -0.3 is 5.32 Å². The zero-order valence-corrected chi connectivity index (χ0v) is 6.10. The Balaban J connectivity index is 2.44. The Morgan fingerprint density at radius 3 is 2.33 bits per heavy atom. The standard InChI is InChI=1S/C7H7F3N2/c8-7(9,10)5-12-6-1-3-11-4-2-6/h1-4H,5H2,(H,11,12). The normalized spacial score (nSPS) is 11.2. The van der Waals surface area contributed by atoms with Crippen molar-refractivity contribution in [2.24, 2.45) is 0 Å². The fraction of sp³-hybridized carbons (Fsp3) is 0.286. The summed E-state index contributed by atoms with van der Waals surface area (Å²) in [5.41, 5.74) is 0.419. The Morgan fingerprint density at radius 1 is 1.25 bits per heavy atom. The molecule has 66 valence electrons. The summed E-state index contributed by atoms with van der Waals surface area (Å²) in [5.74, 6) is 0. The third kappa shape index (κ3) is 3.23. The van der Waals surface area contributed by atoms with Crippen LogP contribution in [0, 0.1) is 0 Å². The van der Waals surface area contributed by atoms with E-state index in [0.29, 0.717) is 5.69 Å². The van der Waals surface area contributed by atoms with Crippen molar-refractivity contribution >= 4 is 5.69 Å². The molecule has 1 aromatic heterocycles. The summed E-state index contributed by atoms with van der Waals surface area (Å²) in [6, 6.07) is 2.96. The molecule has 0 unspecified atom stereocenters. The summed E-state index contributed by atoms with van der Waals surface area (Å²) >= 11 is 0. The smallest absolute Gasteiger partial charge is 0.376 e. The van der Waals surface area contributed by atoms with E-state index in [1.54, 1.807) is 0 Å². The molecule has 1 N–H and O–H groups in total. The highest BCUT2D eigenvalue weighted by Crippen LogP contribution is 2.15. The molecule has 0 fully saturated rings. The van der Waals surface area contributed by atoms with Crippen molar-refractivity contribution in [2.75, 3.05) is 11.9 Å². The number of halogens is 3. The molecule has 0 amide bonds. The van der Waals surface area contributed by atoms with Gasteiger partial charge >= 0.3 is 6.18 Å². The second-order valence-electron chi connectivity index (χ2n) is 2.20. The molecule has 2 nitrogen and oxygen atoms in total. The van der Waals surface area contributed by atoms with E-state index in [4.69, 9.17) is 0 Å². The van der Waals surface area contributed by atoms with Gasteiger partial charge in [0.1, 0.15) is 6.54 Å². The third-order valence-electron chi connectivity index (χ3n) is 1.17. The van der Waals surface area contributed by atoms with Gasteiger partial charge in [0.05, 0.1) is 0 Å². The second kappa shape index (κ2) is 3.42. The lowest BCUT2D eigenvalue weighted by Gasteiger charge is -2.08. The highest BCUT2D eigenvalue weighted by atomic mass is 19.4. The van der Waals surface area contributed by atoms with Crippen LogP contribution in [-0.4, -0.2) is 17.7 Å². The van der Waals surface area contributed by atoms with Crippen molar-refractivity contribution in [3.05, 3.63) is 24.5 Å². The maximum absolute atomic E-state index is 11.7. The van der Waals surface area contributed by atoms with Crippen LogP contribution in [0.4, 0.5) is 18.9 Å². The van der Waals surface area contributed by atoms with Crippen molar-refractivity contribution in [1.29, 1.82) is 0 Å². The molecule has 0 saturated heterocycles. The molecule has 1 heterocycles. The van der Waals surface area contributed by atoms with E-state index in [1.165, 1.54) is 24.5 Å². The van der Waals surface area contributed by atoms with Gasteiger partial charge in [0.15, 0.2) is 0 Å². The maximum Gasteiger partial charge on any atom is 0.405 e. The average molecular weight is 176 g/mol. The molecule has 0 atom stereocenters. The molecule has 0 spiro atoms. The van der Waals surface area contributed by atoms with Gasteiger partial charge in [-0.2, -0.15) is 13.2 Å². The number of nitrogens with one attached hydrogen (secondary N) is 1. The predicted molar refractivity (Wildman–Crippen MR) is 38.8 cm³/mol. The van der Waals surface area contributed by atoms with Gasteiger partial charge in [-0.25, -0.2) is 0 Å². The first-order valence-corrected chi connectivity index (χ1v) is 3.28. The Morgan fingerprint density at radius 2 is 1.83 bits per heavy atom. The number of hydrogen-bond acceptors (Lipinski definition) is 2. The molecule has 0 aliphatic rings. The summed E-state index contributed by atoms with van der Waals surface area (Å²) in [6.45, 7) is -1.02. The maximum atomic E-state index is 11.7. The van der Waals surface area contributed by atoms with E-state index in [9.17, 15) is 13.2 Å². The van der Waals surface area contributed by atoms with Crippen molar-refractivity contribution in [2.45, 2.75) is 6.18 Å². The molecule has 12 heavy (non-hydrogen) atoms. The van der Waals surface area contributed by atoms with Crippen LogP contribution in [0.3, 0.4) is 0 Å². The quantitative estimate of drug-likeness (QED) is 0.745. The lowest BCUT2D eigenvalue weighted by Crippen LogP contribution is -2.21. The zero-order chi connectivity index (χ0) is 9.03. The molecule has 0 saturated carbocycles. The number of pyridine rings is 1. The monoisotopic (exact) mass is 176 g/mol. The van der Waals surface area contributed by atoms with Gasteiger partial charge in [0.2, 0.25) is 0 Å². The van der Waals surface area contributed by atoms with Gasteiger partial charge in [-0.3, -0.25) is 4.98 Å². The summed E-state index contributed by atoms with van der Waals surface area (Å²) in [6.07, 6.45) is -1.32. The minimum atomic E-state index is -4.18. The van der Waals surface area contributed by atoms with Crippen molar-refractivity contribution in [3.8, 4) is 0 Å². The molecule has 1 aromatic rings. The lowest BCUT2D eigenvalue weighted by atomic mass is 10.4. The molecule has 0 radical (unpaired) electrons. The Labute approximate surface area is 67.4 Å². The molecule has 0 aromatic carbocycles. The fourth-order valence-corrected chi connectivity index (χ4v) is 0.672. The summed E-state index contributed by atoms with van der Waals surface area (Å²) in [7, 11) is 0. The average Bonchev–Trinajstić information content (AvgIpc) is 2.02. The van der Waals surface area contributed by atoms with Crippen molar-refractivity contribution < 1.29 is 13.2 Å². The SMILES string of the molecule is FC(F)(F)CNc1ccncc1. The number of nitrogens with zero attached hydrogens (tertiary/aromatic N) is 1. The summed E-state index contributed by atoms with van der Waals surface area (Å²) in [4.78, 5) is 3.67. The van der Waals surface area contributed by atoms with E-state index in [-0.39, 0.29) is 0 Å². The van der Waals surface area contributed by atoms with Crippen LogP contribution in [0.25, 0.3) is 0 Å². The van der Waals surface area contributed by atoms with E-state index < -0.39 is 12.7 Å². The number of rotatable bonds is 2. The number of aromatic nitrogens is 1. The highest BCUT2D eigenvalue weighted by molar-refractivity contribution is 5.40. The number of alkyl halides is 3. The van der Waals surface area contributed by atoms with E-state index in [2.05, 4.69) is 10.3 Å². The predicted octanol–water partition coefficient (Wildman–Crippen LogP) is 2.06. The van der Waals surface area contributed by atoms with Gasteiger partial charge in [0, 0.05) is 18.1 Å². The molecule has 5 heteroatoms. The first-order chi connectivity index (χ1) is 5.58. The van der Waals surface area contributed by atoms with Crippen LogP contribution in [0.5, 0.6) is 0 Å². The van der Waals surface area contributed by atoms with Crippen LogP contribution in [0.1, 0.15) is 0 Å². The van der Waals surface area contributed by atoms with Crippen LogP contribution in [-0.2, 0) is 0 Å².